The van der Waals surface area contributed by atoms with Crippen LogP contribution in [0.15, 0.2) is 25.3 Å². The van der Waals surface area contributed by atoms with E-state index in [9.17, 15) is 0 Å². The smallest absolute Gasteiger partial charge is 0.0351 e. The minimum Gasteiger partial charge on any atom is -0.103 e. The molecule has 0 saturated heterocycles. The average Bonchev–Trinajstić information content (AvgIpc) is 2.74. The predicted octanol–water partition coefficient (Wildman–Crippen LogP) is 5.36. The van der Waals surface area contributed by atoms with Crippen LogP contribution < -0.4 is 0 Å². The first-order valence-corrected chi connectivity index (χ1v) is 6.58. The van der Waals surface area contributed by atoms with E-state index in [1.165, 1.54) is 44.9 Å². The second-order valence-electron chi connectivity index (χ2n) is 4.28. The first-order chi connectivity index (χ1) is 7.36. The Hall–Kier alpha value is -0.520. The lowest BCUT2D eigenvalue weighted by molar-refractivity contribution is 0.451. The molecule has 1 fully saturated rings. The van der Waals surface area contributed by atoms with Crippen LogP contribution in [0, 0.1) is 11.8 Å². The molecule has 15 heavy (non-hydrogen) atoms. The van der Waals surface area contributed by atoms with E-state index in [2.05, 4.69) is 25.3 Å². The quantitative estimate of drug-likeness (QED) is 0.515. The van der Waals surface area contributed by atoms with E-state index in [-0.39, 0.29) is 0 Å². The minimum atomic E-state index is 0.993. The van der Waals surface area contributed by atoms with Gasteiger partial charge in [-0.25, -0.2) is 0 Å². The van der Waals surface area contributed by atoms with E-state index in [1.807, 2.05) is 13.8 Å². The topological polar surface area (TPSA) is 0 Å². The van der Waals surface area contributed by atoms with Crippen LogP contribution in [0.3, 0.4) is 0 Å². The molecule has 0 bridgehead atoms. The van der Waals surface area contributed by atoms with Crippen molar-refractivity contribution in [2.24, 2.45) is 11.8 Å². The van der Waals surface area contributed by atoms with Gasteiger partial charge in [-0.05, 0) is 43.9 Å². The monoisotopic (exact) mass is 208 g/mol. The fourth-order valence-electron chi connectivity index (χ4n) is 2.41. The summed E-state index contributed by atoms with van der Waals surface area (Å²) in [5, 5.41) is 0. The van der Waals surface area contributed by atoms with Gasteiger partial charge >= 0.3 is 0 Å². The molecule has 0 radical (unpaired) electrons. The Morgan fingerprint density at radius 3 is 1.67 bits per heavy atom. The van der Waals surface area contributed by atoms with Crippen molar-refractivity contribution in [1.29, 1.82) is 0 Å². The maximum atomic E-state index is 3.78. The summed E-state index contributed by atoms with van der Waals surface area (Å²) < 4.78 is 0. The Kier molecular flexibility index (Phi) is 9.67. The molecular formula is C15H28. The van der Waals surface area contributed by atoms with Crippen LogP contribution in [0.4, 0.5) is 0 Å². The Labute approximate surface area is 96.5 Å². The standard InChI is InChI=1S/C13H22.C2H6/c1-3-5-7-12-9-10-13(11-12)8-6-4-2;1-2/h3-4,12-13H,1-2,5-11H2;1-2H3. The summed E-state index contributed by atoms with van der Waals surface area (Å²) in [6.45, 7) is 11.6. The predicted molar refractivity (Wildman–Crippen MR) is 71.0 cm³/mol. The maximum Gasteiger partial charge on any atom is -0.0351 e. The molecule has 0 heterocycles. The lowest BCUT2D eigenvalue weighted by Crippen LogP contribution is -1.96. The van der Waals surface area contributed by atoms with Crippen molar-refractivity contribution in [3.05, 3.63) is 25.3 Å². The first-order valence-electron chi connectivity index (χ1n) is 6.58. The average molecular weight is 208 g/mol. The third-order valence-electron chi connectivity index (χ3n) is 3.21. The molecule has 0 aromatic rings. The summed E-state index contributed by atoms with van der Waals surface area (Å²) in [4.78, 5) is 0. The molecule has 0 amide bonds. The van der Waals surface area contributed by atoms with Crippen LogP contribution in [0.1, 0.15) is 58.8 Å². The third-order valence-corrected chi connectivity index (χ3v) is 3.21. The summed E-state index contributed by atoms with van der Waals surface area (Å²) in [6, 6.07) is 0. The number of hydrogen-bond acceptors (Lipinski definition) is 0. The zero-order chi connectivity index (χ0) is 11.5. The largest absolute Gasteiger partial charge is 0.103 e. The van der Waals surface area contributed by atoms with E-state index in [0.717, 1.165) is 11.8 Å². The molecule has 1 aliphatic carbocycles. The van der Waals surface area contributed by atoms with Crippen molar-refractivity contribution in [2.75, 3.05) is 0 Å². The Morgan fingerprint density at radius 2 is 1.33 bits per heavy atom. The second kappa shape index (κ2) is 10.0. The van der Waals surface area contributed by atoms with Gasteiger partial charge < -0.3 is 0 Å². The molecule has 0 aliphatic heterocycles. The van der Waals surface area contributed by atoms with E-state index in [1.54, 1.807) is 0 Å². The number of allylic oxidation sites excluding steroid dienone is 2. The first kappa shape index (κ1) is 14.5. The van der Waals surface area contributed by atoms with Gasteiger partial charge in [0.2, 0.25) is 0 Å². The Balaban J connectivity index is 0.000000921. The van der Waals surface area contributed by atoms with E-state index < -0.39 is 0 Å². The van der Waals surface area contributed by atoms with Gasteiger partial charge in [0.1, 0.15) is 0 Å². The van der Waals surface area contributed by atoms with Crippen LogP contribution in [-0.2, 0) is 0 Å². The van der Waals surface area contributed by atoms with Crippen LogP contribution in [-0.4, -0.2) is 0 Å². The van der Waals surface area contributed by atoms with Gasteiger partial charge in [0, 0.05) is 0 Å². The molecule has 1 saturated carbocycles. The van der Waals surface area contributed by atoms with Crippen molar-refractivity contribution >= 4 is 0 Å². The summed E-state index contributed by atoms with van der Waals surface area (Å²) in [7, 11) is 0. The maximum absolute atomic E-state index is 3.78. The van der Waals surface area contributed by atoms with E-state index in [4.69, 9.17) is 0 Å². The summed E-state index contributed by atoms with van der Waals surface area (Å²) in [5.74, 6) is 1.99. The SMILES string of the molecule is C=CCCC1CCC(CCC=C)C1.CC. The minimum absolute atomic E-state index is 0.993. The van der Waals surface area contributed by atoms with Crippen molar-refractivity contribution in [3.8, 4) is 0 Å². The van der Waals surface area contributed by atoms with Crippen LogP contribution in [0.5, 0.6) is 0 Å². The van der Waals surface area contributed by atoms with Crippen molar-refractivity contribution < 1.29 is 0 Å². The summed E-state index contributed by atoms with van der Waals surface area (Å²) in [6.07, 6.45) is 13.6. The fourth-order valence-corrected chi connectivity index (χ4v) is 2.41. The molecule has 0 spiro atoms. The molecule has 0 nitrogen and oxygen atoms in total. The molecule has 2 unspecified atom stereocenters. The van der Waals surface area contributed by atoms with E-state index >= 15 is 0 Å². The van der Waals surface area contributed by atoms with Gasteiger partial charge in [0.15, 0.2) is 0 Å². The zero-order valence-corrected chi connectivity index (χ0v) is 10.7. The zero-order valence-electron chi connectivity index (χ0n) is 10.7. The van der Waals surface area contributed by atoms with Gasteiger partial charge in [-0.2, -0.15) is 0 Å². The summed E-state index contributed by atoms with van der Waals surface area (Å²) >= 11 is 0. The normalized spacial score (nSPS) is 24.1. The van der Waals surface area contributed by atoms with Crippen molar-refractivity contribution in [2.45, 2.75) is 58.8 Å². The van der Waals surface area contributed by atoms with Crippen LogP contribution in [0.25, 0.3) is 0 Å². The molecule has 1 rings (SSSR count). The molecule has 0 aromatic carbocycles. The van der Waals surface area contributed by atoms with Gasteiger partial charge in [0.25, 0.3) is 0 Å². The van der Waals surface area contributed by atoms with Crippen molar-refractivity contribution in [1.82, 2.24) is 0 Å². The Morgan fingerprint density at radius 1 is 0.933 bits per heavy atom. The molecule has 0 N–H and O–H groups in total. The van der Waals surface area contributed by atoms with Gasteiger partial charge in [-0.1, -0.05) is 38.8 Å². The second-order valence-corrected chi connectivity index (χ2v) is 4.28. The molecule has 2 atom stereocenters. The van der Waals surface area contributed by atoms with Crippen LogP contribution in [0.2, 0.25) is 0 Å². The highest BCUT2D eigenvalue weighted by Crippen LogP contribution is 2.36. The van der Waals surface area contributed by atoms with Gasteiger partial charge in [-0.3, -0.25) is 0 Å². The Bertz CT molecular complexity index is 139. The molecule has 0 aromatic heterocycles. The van der Waals surface area contributed by atoms with Crippen LogP contribution >= 0.6 is 0 Å². The number of rotatable bonds is 6. The number of hydrogen-bond donors (Lipinski definition) is 0. The third kappa shape index (κ3) is 6.54. The lowest BCUT2D eigenvalue weighted by atomic mass is 9.97. The van der Waals surface area contributed by atoms with Crippen molar-refractivity contribution in [3.63, 3.8) is 0 Å². The fraction of sp³-hybridized carbons (Fsp3) is 0.733. The van der Waals surface area contributed by atoms with E-state index in [0.29, 0.717) is 0 Å². The van der Waals surface area contributed by atoms with Gasteiger partial charge in [0.05, 0.1) is 0 Å². The van der Waals surface area contributed by atoms with Gasteiger partial charge in [-0.15, -0.1) is 13.2 Å². The molecular weight excluding hydrogens is 180 g/mol. The highest BCUT2D eigenvalue weighted by atomic mass is 14.3. The molecule has 1 aliphatic rings. The highest BCUT2D eigenvalue weighted by Gasteiger charge is 2.22. The molecule has 88 valence electrons. The summed E-state index contributed by atoms with van der Waals surface area (Å²) in [5.41, 5.74) is 0. The lowest BCUT2D eigenvalue weighted by Gasteiger charge is -2.08. The molecule has 0 heteroatoms. The highest BCUT2D eigenvalue weighted by molar-refractivity contribution is 4.80.